The van der Waals surface area contributed by atoms with Gasteiger partial charge in [-0.3, -0.25) is 0 Å². The van der Waals surface area contributed by atoms with Gasteiger partial charge in [0.15, 0.2) is 0 Å². The molecule has 0 aliphatic heterocycles. The fraction of sp³-hybridized carbons (Fsp3) is 0.200. The lowest BCUT2D eigenvalue weighted by molar-refractivity contribution is 1.22. The van der Waals surface area contributed by atoms with E-state index < -0.39 is 0 Å². The van der Waals surface area contributed by atoms with Crippen LogP contribution in [0.4, 0.5) is 0 Å². The van der Waals surface area contributed by atoms with Crippen LogP contribution in [0.15, 0.2) is 49.1 Å². The topological polar surface area (TPSA) is 0 Å². The van der Waals surface area contributed by atoms with Gasteiger partial charge in [-0.25, -0.2) is 0 Å². The van der Waals surface area contributed by atoms with Gasteiger partial charge >= 0.3 is 0 Å². The van der Waals surface area contributed by atoms with E-state index >= 15 is 0 Å². The van der Waals surface area contributed by atoms with E-state index in [2.05, 4.69) is 62.1 Å². The Morgan fingerprint density at radius 2 is 2.13 bits per heavy atom. The molecule has 1 rings (SSSR count). The summed E-state index contributed by atoms with van der Waals surface area (Å²) in [6.07, 6.45) is 9.47. The van der Waals surface area contributed by atoms with Crippen molar-refractivity contribution < 1.29 is 0 Å². The molecule has 0 atom stereocenters. The zero-order chi connectivity index (χ0) is 11.1. The lowest BCUT2D eigenvalue weighted by Gasteiger charge is -2.00. The Morgan fingerprint density at radius 1 is 1.33 bits per heavy atom. The summed E-state index contributed by atoms with van der Waals surface area (Å²) in [4.78, 5) is 0. The second-order valence-electron chi connectivity index (χ2n) is 3.60. The van der Waals surface area contributed by atoms with Gasteiger partial charge in [-0.1, -0.05) is 61.6 Å². The molecule has 0 unspecified atom stereocenters. The Hall–Kier alpha value is -1.56. The van der Waals surface area contributed by atoms with Crippen molar-refractivity contribution in [3.8, 4) is 0 Å². The highest BCUT2D eigenvalue weighted by molar-refractivity contribution is 5.65. The summed E-state index contributed by atoms with van der Waals surface area (Å²) >= 11 is 0. The maximum atomic E-state index is 3.94. The van der Waals surface area contributed by atoms with E-state index in [9.17, 15) is 0 Å². The van der Waals surface area contributed by atoms with E-state index in [0.717, 1.165) is 12.0 Å². The smallest absolute Gasteiger partial charge is 0.0227 e. The molecule has 0 radical (unpaired) electrons. The van der Waals surface area contributed by atoms with Crippen molar-refractivity contribution in [2.45, 2.75) is 20.3 Å². The highest BCUT2D eigenvalue weighted by Crippen LogP contribution is 2.14. The molecule has 0 aliphatic rings. The molecular formula is C15H18. The monoisotopic (exact) mass is 198 g/mol. The van der Waals surface area contributed by atoms with Gasteiger partial charge in [-0.2, -0.15) is 0 Å². The number of allylic oxidation sites excluding steroid dienone is 4. The molecule has 0 N–H and O–H groups in total. The zero-order valence-electron chi connectivity index (χ0n) is 9.53. The van der Waals surface area contributed by atoms with E-state index in [1.54, 1.807) is 0 Å². The second-order valence-corrected chi connectivity index (χ2v) is 3.60. The van der Waals surface area contributed by atoms with Crippen molar-refractivity contribution in [3.05, 3.63) is 60.2 Å². The van der Waals surface area contributed by atoms with Gasteiger partial charge < -0.3 is 0 Å². The van der Waals surface area contributed by atoms with E-state index in [1.165, 1.54) is 11.1 Å². The summed E-state index contributed by atoms with van der Waals surface area (Å²) in [6, 6.07) is 8.40. The van der Waals surface area contributed by atoms with Crippen LogP contribution in [0, 0.1) is 0 Å². The van der Waals surface area contributed by atoms with Gasteiger partial charge in [-0.15, -0.1) is 0 Å². The van der Waals surface area contributed by atoms with Crippen molar-refractivity contribution in [3.63, 3.8) is 0 Å². The lowest BCUT2D eigenvalue weighted by Crippen LogP contribution is -1.78. The minimum Gasteiger partial charge on any atom is -0.0955 e. The summed E-state index contributed by atoms with van der Waals surface area (Å²) < 4.78 is 0. The molecule has 1 aromatic rings. The van der Waals surface area contributed by atoms with Crippen LogP contribution in [-0.2, 0) is 0 Å². The Bertz CT molecular complexity index is 381. The average molecular weight is 198 g/mol. The Balaban J connectivity index is 2.78. The minimum atomic E-state index is 1.08. The molecule has 0 bridgehead atoms. The quantitative estimate of drug-likeness (QED) is 0.615. The molecule has 78 valence electrons. The number of benzene rings is 1. The summed E-state index contributed by atoms with van der Waals surface area (Å²) in [5.41, 5.74) is 3.53. The van der Waals surface area contributed by atoms with Crippen LogP contribution in [0.2, 0.25) is 0 Å². The molecule has 0 heteroatoms. The molecule has 0 amide bonds. The molecular weight excluding hydrogens is 180 g/mol. The van der Waals surface area contributed by atoms with Crippen LogP contribution < -0.4 is 0 Å². The maximum Gasteiger partial charge on any atom is -0.0227 e. The highest BCUT2D eigenvalue weighted by atomic mass is 14.0. The first-order valence-electron chi connectivity index (χ1n) is 5.33. The lowest BCUT2D eigenvalue weighted by atomic mass is 10.1. The number of hydrogen-bond donors (Lipinski definition) is 0. The van der Waals surface area contributed by atoms with Gasteiger partial charge in [0.2, 0.25) is 0 Å². The second kappa shape index (κ2) is 6.02. The SMILES string of the molecule is C=C(C)c1cccc(/C=C\C=C/CC)c1. The van der Waals surface area contributed by atoms with Crippen molar-refractivity contribution in [1.29, 1.82) is 0 Å². The van der Waals surface area contributed by atoms with Crippen LogP contribution in [0.3, 0.4) is 0 Å². The van der Waals surface area contributed by atoms with Crippen LogP contribution in [-0.4, -0.2) is 0 Å². The number of hydrogen-bond acceptors (Lipinski definition) is 0. The molecule has 0 fully saturated rings. The van der Waals surface area contributed by atoms with Crippen LogP contribution in [0.5, 0.6) is 0 Å². The molecule has 0 nitrogen and oxygen atoms in total. The summed E-state index contributed by atoms with van der Waals surface area (Å²) in [7, 11) is 0. The summed E-state index contributed by atoms with van der Waals surface area (Å²) in [6.45, 7) is 8.10. The van der Waals surface area contributed by atoms with Crippen LogP contribution in [0.25, 0.3) is 11.6 Å². The van der Waals surface area contributed by atoms with Crippen molar-refractivity contribution in [1.82, 2.24) is 0 Å². The zero-order valence-corrected chi connectivity index (χ0v) is 9.53. The third-order valence-electron chi connectivity index (χ3n) is 2.15. The van der Waals surface area contributed by atoms with Crippen molar-refractivity contribution >= 4 is 11.6 Å². The van der Waals surface area contributed by atoms with Gasteiger partial charge in [0.25, 0.3) is 0 Å². The fourth-order valence-electron chi connectivity index (χ4n) is 1.29. The first-order valence-corrected chi connectivity index (χ1v) is 5.33. The Labute approximate surface area is 92.6 Å². The molecule has 0 heterocycles. The third kappa shape index (κ3) is 3.99. The Kier molecular flexibility index (Phi) is 4.62. The van der Waals surface area contributed by atoms with Crippen LogP contribution in [0.1, 0.15) is 31.4 Å². The summed E-state index contributed by atoms with van der Waals surface area (Å²) in [5, 5.41) is 0. The first kappa shape index (κ1) is 11.5. The molecule has 0 spiro atoms. The fourth-order valence-corrected chi connectivity index (χ4v) is 1.29. The molecule has 0 aromatic heterocycles. The van der Waals surface area contributed by atoms with E-state index in [1.807, 2.05) is 6.92 Å². The molecule has 0 saturated heterocycles. The molecule has 15 heavy (non-hydrogen) atoms. The largest absolute Gasteiger partial charge is 0.0955 e. The van der Waals surface area contributed by atoms with Crippen LogP contribution >= 0.6 is 0 Å². The van der Waals surface area contributed by atoms with Crippen molar-refractivity contribution in [2.75, 3.05) is 0 Å². The minimum absolute atomic E-state index is 1.08. The normalized spacial score (nSPS) is 11.3. The average Bonchev–Trinajstić information content (AvgIpc) is 2.25. The predicted molar refractivity (Wildman–Crippen MR) is 69.6 cm³/mol. The van der Waals surface area contributed by atoms with E-state index in [-0.39, 0.29) is 0 Å². The van der Waals surface area contributed by atoms with Gasteiger partial charge in [-0.05, 0) is 30.5 Å². The Morgan fingerprint density at radius 3 is 2.80 bits per heavy atom. The van der Waals surface area contributed by atoms with Gasteiger partial charge in [0.1, 0.15) is 0 Å². The van der Waals surface area contributed by atoms with Gasteiger partial charge in [0, 0.05) is 0 Å². The van der Waals surface area contributed by atoms with E-state index in [0.29, 0.717) is 0 Å². The highest BCUT2D eigenvalue weighted by Gasteiger charge is 1.92. The first-order chi connectivity index (χ1) is 7.24. The summed E-state index contributed by atoms with van der Waals surface area (Å²) in [5.74, 6) is 0. The number of rotatable bonds is 4. The molecule has 0 saturated carbocycles. The standard InChI is InChI=1S/C15H18/c1-4-5-6-7-9-14-10-8-11-15(12-14)13(2)3/h5-12H,2,4H2,1,3H3/b6-5-,9-7-. The van der Waals surface area contributed by atoms with Gasteiger partial charge in [0.05, 0.1) is 0 Å². The molecule has 1 aromatic carbocycles. The predicted octanol–water partition coefficient (Wildman–Crippen LogP) is 4.70. The molecule has 0 aliphatic carbocycles. The van der Waals surface area contributed by atoms with E-state index in [4.69, 9.17) is 0 Å². The maximum absolute atomic E-state index is 3.94. The third-order valence-corrected chi connectivity index (χ3v) is 2.15. The van der Waals surface area contributed by atoms with Crippen molar-refractivity contribution in [2.24, 2.45) is 0 Å².